The normalized spacial score (nSPS) is 11.4. The van der Waals surface area contributed by atoms with Crippen LogP contribution in [0, 0.1) is 0 Å². The second kappa shape index (κ2) is 8.66. The smallest absolute Gasteiger partial charge is 0.323 e. The molecule has 0 heterocycles. The number of carbonyl (C=O) groups is 3. The number of rotatable bonds is 7. The Balaban J connectivity index is 2.57. The van der Waals surface area contributed by atoms with Gasteiger partial charge in [-0.25, -0.2) is 4.79 Å². The first-order valence-electron chi connectivity index (χ1n) is 7.07. The number of anilines is 1. The summed E-state index contributed by atoms with van der Waals surface area (Å²) in [7, 11) is 0. The van der Waals surface area contributed by atoms with Gasteiger partial charge in [-0.05, 0) is 25.5 Å². The molecule has 7 heteroatoms. The van der Waals surface area contributed by atoms with E-state index in [0.29, 0.717) is 18.7 Å². The van der Waals surface area contributed by atoms with Crippen LogP contribution in [0.2, 0.25) is 0 Å². The van der Waals surface area contributed by atoms with E-state index in [1.807, 2.05) is 13.0 Å². The third kappa shape index (κ3) is 5.82. The number of benzene rings is 1. The lowest BCUT2D eigenvalue weighted by Gasteiger charge is -2.24. The predicted octanol–water partition coefficient (Wildman–Crippen LogP) is 1.52. The van der Waals surface area contributed by atoms with Crippen LogP contribution in [-0.2, 0) is 9.59 Å². The highest BCUT2D eigenvalue weighted by Gasteiger charge is 2.23. The number of carboxylic acids is 1. The molecule has 22 heavy (non-hydrogen) atoms. The predicted molar refractivity (Wildman–Crippen MR) is 82.6 cm³/mol. The Bertz CT molecular complexity index is 519. The Morgan fingerprint density at radius 1 is 1.23 bits per heavy atom. The number of amides is 3. The van der Waals surface area contributed by atoms with Crippen molar-refractivity contribution in [2.75, 3.05) is 18.4 Å². The summed E-state index contributed by atoms with van der Waals surface area (Å²) >= 11 is 0. The van der Waals surface area contributed by atoms with Crippen LogP contribution in [-0.4, -0.2) is 47.0 Å². The average Bonchev–Trinajstić information content (AvgIpc) is 2.46. The van der Waals surface area contributed by atoms with Gasteiger partial charge in [0.15, 0.2) is 0 Å². The first-order chi connectivity index (χ1) is 10.4. The molecule has 1 aromatic rings. The van der Waals surface area contributed by atoms with Gasteiger partial charge in [0.05, 0.1) is 0 Å². The molecule has 0 fully saturated rings. The van der Waals surface area contributed by atoms with E-state index in [-0.39, 0.29) is 6.54 Å². The third-order valence-corrected chi connectivity index (χ3v) is 2.88. The summed E-state index contributed by atoms with van der Waals surface area (Å²) in [6, 6.07) is 7.50. The number of carboxylic acid groups (broad SMARTS) is 1. The zero-order valence-electron chi connectivity index (χ0n) is 12.7. The van der Waals surface area contributed by atoms with Crippen molar-refractivity contribution in [1.82, 2.24) is 10.2 Å². The summed E-state index contributed by atoms with van der Waals surface area (Å²) in [5.41, 5.74) is 0.607. The number of nitrogens with one attached hydrogen (secondary N) is 2. The monoisotopic (exact) mass is 307 g/mol. The summed E-state index contributed by atoms with van der Waals surface area (Å²) in [6.07, 6.45) is 0.641. The summed E-state index contributed by atoms with van der Waals surface area (Å²) in [6.45, 7) is 3.33. The molecule has 3 amide bonds. The number of para-hydroxylation sites is 1. The minimum Gasteiger partial charge on any atom is -0.480 e. The molecule has 0 aromatic heterocycles. The first-order valence-corrected chi connectivity index (χ1v) is 7.07. The van der Waals surface area contributed by atoms with Crippen LogP contribution in [0.15, 0.2) is 30.3 Å². The van der Waals surface area contributed by atoms with Crippen molar-refractivity contribution in [3.05, 3.63) is 30.3 Å². The standard InChI is InChI=1S/C15H21N3O4/c1-3-9-18(10-13(19)20)14(21)11(2)16-15(22)17-12-7-5-4-6-8-12/h4-8,11H,3,9-10H2,1-2H3,(H,19,20)(H2,16,17,22). The second-order valence-corrected chi connectivity index (χ2v) is 4.84. The molecule has 0 spiro atoms. The minimum atomic E-state index is -1.08. The molecular weight excluding hydrogens is 286 g/mol. The molecule has 1 aromatic carbocycles. The Kier molecular flexibility index (Phi) is 6.88. The van der Waals surface area contributed by atoms with Gasteiger partial charge in [-0.1, -0.05) is 25.1 Å². The van der Waals surface area contributed by atoms with Crippen molar-refractivity contribution in [3.8, 4) is 0 Å². The van der Waals surface area contributed by atoms with Gasteiger partial charge in [0.25, 0.3) is 0 Å². The minimum absolute atomic E-state index is 0.331. The van der Waals surface area contributed by atoms with E-state index in [0.717, 1.165) is 0 Å². The Hall–Kier alpha value is -2.57. The van der Waals surface area contributed by atoms with E-state index >= 15 is 0 Å². The first kappa shape index (κ1) is 17.5. The van der Waals surface area contributed by atoms with E-state index < -0.39 is 23.9 Å². The molecule has 0 bridgehead atoms. The lowest BCUT2D eigenvalue weighted by molar-refractivity contribution is -0.145. The lowest BCUT2D eigenvalue weighted by Crippen LogP contribution is -2.49. The maximum Gasteiger partial charge on any atom is 0.323 e. The lowest BCUT2D eigenvalue weighted by atomic mass is 10.2. The van der Waals surface area contributed by atoms with Crippen molar-refractivity contribution in [1.29, 1.82) is 0 Å². The van der Waals surface area contributed by atoms with Crippen LogP contribution in [0.25, 0.3) is 0 Å². The molecule has 1 unspecified atom stereocenters. The van der Waals surface area contributed by atoms with Crippen LogP contribution in [0.4, 0.5) is 10.5 Å². The van der Waals surface area contributed by atoms with Gasteiger partial charge in [-0.15, -0.1) is 0 Å². The maximum absolute atomic E-state index is 12.2. The van der Waals surface area contributed by atoms with Crippen LogP contribution >= 0.6 is 0 Å². The van der Waals surface area contributed by atoms with Crippen LogP contribution in [0.1, 0.15) is 20.3 Å². The summed E-state index contributed by atoms with van der Waals surface area (Å²) < 4.78 is 0. The fourth-order valence-corrected chi connectivity index (χ4v) is 1.92. The van der Waals surface area contributed by atoms with E-state index in [1.54, 1.807) is 24.3 Å². The molecule has 1 rings (SSSR count). The van der Waals surface area contributed by atoms with Gasteiger partial charge in [0.1, 0.15) is 12.6 Å². The molecule has 3 N–H and O–H groups in total. The summed E-state index contributed by atoms with van der Waals surface area (Å²) in [5, 5.41) is 13.9. The second-order valence-electron chi connectivity index (χ2n) is 4.84. The van der Waals surface area contributed by atoms with Gasteiger partial charge in [-0.2, -0.15) is 0 Å². The van der Waals surface area contributed by atoms with Crippen molar-refractivity contribution in [3.63, 3.8) is 0 Å². The number of carbonyl (C=O) groups excluding carboxylic acids is 2. The molecule has 7 nitrogen and oxygen atoms in total. The zero-order chi connectivity index (χ0) is 16.5. The van der Waals surface area contributed by atoms with Gasteiger partial charge in [0, 0.05) is 12.2 Å². The highest BCUT2D eigenvalue weighted by atomic mass is 16.4. The molecule has 0 saturated carbocycles. The quantitative estimate of drug-likeness (QED) is 0.711. The Morgan fingerprint density at radius 3 is 2.41 bits per heavy atom. The van der Waals surface area contributed by atoms with E-state index in [9.17, 15) is 14.4 Å². The van der Waals surface area contributed by atoms with Crippen molar-refractivity contribution >= 4 is 23.6 Å². The fraction of sp³-hybridized carbons (Fsp3) is 0.400. The van der Waals surface area contributed by atoms with Gasteiger partial charge in [0.2, 0.25) is 5.91 Å². The molecule has 0 saturated heterocycles. The largest absolute Gasteiger partial charge is 0.480 e. The number of hydrogen-bond acceptors (Lipinski definition) is 3. The van der Waals surface area contributed by atoms with Crippen molar-refractivity contribution in [2.45, 2.75) is 26.3 Å². The molecule has 0 aliphatic heterocycles. The number of aliphatic carboxylic acids is 1. The van der Waals surface area contributed by atoms with Crippen molar-refractivity contribution in [2.24, 2.45) is 0 Å². The highest BCUT2D eigenvalue weighted by Crippen LogP contribution is 2.05. The molecule has 1 atom stereocenters. The zero-order valence-corrected chi connectivity index (χ0v) is 12.7. The average molecular weight is 307 g/mol. The molecule has 0 aliphatic rings. The summed E-state index contributed by atoms with van der Waals surface area (Å²) in [5.74, 6) is -1.50. The molecule has 0 radical (unpaired) electrons. The van der Waals surface area contributed by atoms with E-state index in [4.69, 9.17) is 5.11 Å². The van der Waals surface area contributed by atoms with E-state index in [2.05, 4.69) is 10.6 Å². The van der Waals surface area contributed by atoms with Crippen LogP contribution in [0.5, 0.6) is 0 Å². The van der Waals surface area contributed by atoms with Gasteiger partial charge in [-0.3, -0.25) is 9.59 Å². The van der Waals surface area contributed by atoms with Crippen LogP contribution < -0.4 is 10.6 Å². The number of nitrogens with zero attached hydrogens (tertiary/aromatic N) is 1. The summed E-state index contributed by atoms with van der Waals surface area (Å²) in [4.78, 5) is 36.0. The van der Waals surface area contributed by atoms with Crippen LogP contribution in [0.3, 0.4) is 0 Å². The molecule has 120 valence electrons. The Morgan fingerprint density at radius 2 is 1.86 bits per heavy atom. The maximum atomic E-state index is 12.2. The van der Waals surface area contributed by atoms with E-state index in [1.165, 1.54) is 11.8 Å². The molecular formula is C15H21N3O4. The fourth-order valence-electron chi connectivity index (χ4n) is 1.92. The highest BCUT2D eigenvalue weighted by molar-refractivity contribution is 5.94. The Labute approximate surface area is 129 Å². The SMILES string of the molecule is CCCN(CC(=O)O)C(=O)C(C)NC(=O)Nc1ccccc1. The third-order valence-electron chi connectivity index (χ3n) is 2.88. The topological polar surface area (TPSA) is 98.7 Å². The van der Waals surface area contributed by atoms with Gasteiger partial charge < -0.3 is 20.6 Å². The molecule has 0 aliphatic carbocycles. The number of hydrogen-bond donors (Lipinski definition) is 3. The number of urea groups is 1. The van der Waals surface area contributed by atoms with Crippen molar-refractivity contribution < 1.29 is 19.5 Å². The van der Waals surface area contributed by atoms with Gasteiger partial charge >= 0.3 is 12.0 Å².